The lowest BCUT2D eigenvalue weighted by atomic mass is 9.93. The molecule has 0 bridgehead atoms. The summed E-state index contributed by atoms with van der Waals surface area (Å²) in [5.74, 6) is 0. The Morgan fingerprint density at radius 1 is 1.31 bits per heavy atom. The van der Waals surface area contributed by atoms with Crippen molar-refractivity contribution in [2.45, 2.75) is 13.8 Å². The predicted octanol–water partition coefficient (Wildman–Crippen LogP) is 0.235. The van der Waals surface area contributed by atoms with Crippen molar-refractivity contribution >= 4 is 0 Å². The van der Waals surface area contributed by atoms with Crippen molar-refractivity contribution in [3.8, 4) is 0 Å². The third-order valence-electron chi connectivity index (χ3n) is 3.15. The van der Waals surface area contributed by atoms with Gasteiger partial charge in [0, 0.05) is 32.7 Å². The van der Waals surface area contributed by atoms with Crippen molar-refractivity contribution in [3.63, 3.8) is 0 Å². The largest absolute Gasteiger partial charge is 0.379 e. The monoisotopic (exact) mass is 229 g/mol. The van der Waals surface area contributed by atoms with E-state index in [0.717, 1.165) is 52.5 Å². The highest BCUT2D eigenvalue weighted by Gasteiger charge is 2.18. The summed E-state index contributed by atoms with van der Waals surface area (Å²) in [5, 5.41) is 0. The second-order valence-electron chi connectivity index (χ2n) is 5.56. The van der Waals surface area contributed by atoms with E-state index in [0.29, 0.717) is 0 Å². The molecule has 1 rings (SSSR count). The Morgan fingerprint density at radius 3 is 2.50 bits per heavy atom. The lowest BCUT2D eigenvalue weighted by Gasteiger charge is -2.32. The van der Waals surface area contributed by atoms with Crippen molar-refractivity contribution in [3.05, 3.63) is 0 Å². The standard InChI is InChI=1S/C12H27N3O/c1-12(2,10-13)11-14(3)4-5-15-6-8-16-9-7-15/h4-11,13H2,1-3H3. The van der Waals surface area contributed by atoms with Gasteiger partial charge in [0.15, 0.2) is 0 Å². The molecule has 0 aromatic carbocycles. The van der Waals surface area contributed by atoms with Crippen molar-refractivity contribution in [2.24, 2.45) is 11.1 Å². The maximum Gasteiger partial charge on any atom is 0.0594 e. The molecule has 1 heterocycles. The summed E-state index contributed by atoms with van der Waals surface area (Å²) in [6.45, 7) is 12.4. The molecule has 1 aliphatic heterocycles. The van der Waals surface area contributed by atoms with E-state index in [1.807, 2.05) is 0 Å². The van der Waals surface area contributed by atoms with Crippen LogP contribution in [0.3, 0.4) is 0 Å². The Hall–Kier alpha value is -0.160. The van der Waals surface area contributed by atoms with Crippen LogP contribution in [0.1, 0.15) is 13.8 Å². The molecule has 4 nitrogen and oxygen atoms in total. The number of likely N-dealkylation sites (N-methyl/N-ethyl adjacent to an activating group) is 1. The first-order valence-corrected chi connectivity index (χ1v) is 6.22. The fourth-order valence-corrected chi connectivity index (χ4v) is 2.01. The van der Waals surface area contributed by atoms with Crippen LogP contribution in [0, 0.1) is 5.41 Å². The molecule has 1 aliphatic rings. The van der Waals surface area contributed by atoms with Crippen LogP contribution in [0.5, 0.6) is 0 Å². The van der Waals surface area contributed by atoms with E-state index in [1.54, 1.807) is 0 Å². The quantitative estimate of drug-likeness (QED) is 0.708. The molecule has 0 unspecified atom stereocenters. The predicted molar refractivity (Wildman–Crippen MR) is 67.6 cm³/mol. The van der Waals surface area contributed by atoms with Gasteiger partial charge in [-0.3, -0.25) is 4.90 Å². The smallest absolute Gasteiger partial charge is 0.0594 e. The van der Waals surface area contributed by atoms with Crippen LogP contribution in [-0.4, -0.2) is 69.3 Å². The van der Waals surface area contributed by atoms with Crippen molar-refractivity contribution in [2.75, 3.05) is 59.5 Å². The molecule has 1 fully saturated rings. The zero-order valence-corrected chi connectivity index (χ0v) is 11.0. The Morgan fingerprint density at radius 2 is 1.94 bits per heavy atom. The van der Waals surface area contributed by atoms with Crippen LogP contribution < -0.4 is 5.73 Å². The number of nitrogens with two attached hydrogens (primary N) is 1. The second kappa shape index (κ2) is 6.55. The highest BCUT2D eigenvalue weighted by Crippen LogP contribution is 2.13. The zero-order chi connectivity index (χ0) is 12.0. The number of morpholine rings is 1. The van der Waals surface area contributed by atoms with Gasteiger partial charge in [0.25, 0.3) is 0 Å². The number of hydrogen-bond acceptors (Lipinski definition) is 4. The van der Waals surface area contributed by atoms with Gasteiger partial charge in [0.2, 0.25) is 0 Å². The van der Waals surface area contributed by atoms with Crippen LogP contribution in [0.15, 0.2) is 0 Å². The summed E-state index contributed by atoms with van der Waals surface area (Å²) in [5.41, 5.74) is 5.96. The molecule has 16 heavy (non-hydrogen) atoms. The summed E-state index contributed by atoms with van der Waals surface area (Å²) in [6.07, 6.45) is 0. The van der Waals surface area contributed by atoms with E-state index in [4.69, 9.17) is 10.5 Å². The third kappa shape index (κ3) is 5.25. The Bertz CT molecular complexity index is 191. The van der Waals surface area contributed by atoms with Gasteiger partial charge >= 0.3 is 0 Å². The summed E-state index contributed by atoms with van der Waals surface area (Å²) in [6, 6.07) is 0. The Balaban J connectivity index is 2.16. The third-order valence-corrected chi connectivity index (χ3v) is 3.15. The number of ether oxygens (including phenoxy) is 1. The molecule has 0 aromatic rings. The van der Waals surface area contributed by atoms with Gasteiger partial charge in [0.05, 0.1) is 13.2 Å². The highest BCUT2D eigenvalue weighted by molar-refractivity contribution is 4.74. The van der Waals surface area contributed by atoms with Gasteiger partial charge in [-0.2, -0.15) is 0 Å². The maximum atomic E-state index is 5.74. The van der Waals surface area contributed by atoms with E-state index in [1.165, 1.54) is 0 Å². The highest BCUT2D eigenvalue weighted by atomic mass is 16.5. The Kier molecular flexibility index (Phi) is 5.69. The Labute approximate surface area is 99.7 Å². The summed E-state index contributed by atoms with van der Waals surface area (Å²) in [7, 11) is 2.18. The molecule has 0 aromatic heterocycles. The van der Waals surface area contributed by atoms with Crippen LogP contribution in [0.4, 0.5) is 0 Å². The first-order chi connectivity index (χ1) is 7.53. The van der Waals surface area contributed by atoms with Crippen molar-refractivity contribution in [1.29, 1.82) is 0 Å². The van der Waals surface area contributed by atoms with Gasteiger partial charge in [-0.25, -0.2) is 0 Å². The molecule has 4 heteroatoms. The minimum Gasteiger partial charge on any atom is -0.379 e. The van der Waals surface area contributed by atoms with Crippen LogP contribution in [-0.2, 0) is 4.74 Å². The average molecular weight is 229 g/mol. The fraction of sp³-hybridized carbons (Fsp3) is 1.00. The van der Waals surface area contributed by atoms with Crippen molar-refractivity contribution < 1.29 is 4.74 Å². The first kappa shape index (κ1) is 13.9. The lowest BCUT2D eigenvalue weighted by molar-refractivity contribution is 0.0331. The van der Waals surface area contributed by atoms with Crippen LogP contribution in [0.2, 0.25) is 0 Å². The molecular weight excluding hydrogens is 202 g/mol. The number of nitrogens with zero attached hydrogens (tertiary/aromatic N) is 2. The molecule has 0 atom stereocenters. The summed E-state index contributed by atoms with van der Waals surface area (Å²) < 4.78 is 5.33. The maximum absolute atomic E-state index is 5.74. The van der Waals surface area contributed by atoms with Gasteiger partial charge in [-0.05, 0) is 19.0 Å². The lowest BCUT2D eigenvalue weighted by Crippen LogP contribution is -2.43. The number of hydrogen-bond donors (Lipinski definition) is 1. The van der Waals surface area contributed by atoms with Gasteiger partial charge < -0.3 is 15.4 Å². The van der Waals surface area contributed by atoms with Crippen LogP contribution >= 0.6 is 0 Å². The molecule has 1 saturated heterocycles. The number of rotatable bonds is 6. The van der Waals surface area contributed by atoms with E-state index in [-0.39, 0.29) is 5.41 Å². The van der Waals surface area contributed by atoms with Gasteiger partial charge in [-0.15, -0.1) is 0 Å². The topological polar surface area (TPSA) is 41.7 Å². The molecule has 2 N–H and O–H groups in total. The molecule has 0 radical (unpaired) electrons. The SMILES string of the molecule is CN(CCN1CCOCC1)CC(C)(C)CN. The molecule has 0 saturated carbocycles. The summed E-state index contributed by atoms with van der Waals surface area (Å²) in [4.78, 5) is 4.85. The van der Waals surface area contributed by atoms with Gasteiger partial charge in [0.1, 0.15) is 0 Å². The minimum absolute atomic E-state index is 0.222. The molecule has 0 spiro atoms. The van der Waals surface area contributed by atoms with E-state index >= 15 is 0 Å². The molecular formula is C12H27N3O. The van der Waals surface area contributed by atoms with Crippen molar-refractivity contribution in [1.82, 2.24) is 9.80 Å². The molecule has 0 aliphatic carbocycles. The van der Waals surface area contributed by atoms with E-state index < -0.39 is 0 Å². The van der Waals surface area contributed by atoms with Crippen LogP contribution in [0.25, 0.3) is 0 Å². The van der Waals surface area contributed by atoms with E-state index in [2.05, 4.69) is 30.7 Å². The van der Waals surface area contributed by atoms with E-state index in [9.17, 15) is 0 Å². The molecule has 96 valence electrons. The molecule has 0 amide bonds. The normalized spacial score (nSPS) is 19.3. The summed E-state index contributed by atoms with van der Waals surface area (Å²) >= 11 is 0. The fourth-order valence-electron chi connectivity index (χ4n) is 2.01. The first-order valence-electron chi connectivity index (χ1n) is 6.22. The zero-order valence-electron chi connectivity index (χ0n) is 11.0. The minimum atomic E-state index is 0.222. The van der Waals surface area contributed by atoms with Gasteiger partial charge in [-0.1, -0.05) is 13.8 Å². The second-order valence-corrected chi connectivity index (χ2v) is 5.56. The average Bonchev–Trinajstić information content (AvgIpc) is 2.27.